The highest BCUT2D eigenvalue weighted by molar-refractivity contribution is 5.80. The molecule has 0 amide bonds. The zero-order chi connectivity index (χ0) is 24.4. The van der Waals surface area contributed by atoms with Crippen molar-refractivity contribution in [3.05, 3.63) is 76.5 Å². The lowest BCUT2D eigenvalue weighted by atomic mass is 9.89. The summed E-state index contributed by atoms with van der Waals surface area (Å²) in [4.78, 5) is 13.5. The summed E-state index contributed by atoms with van der Waals surface area (Å²) in [6, 6.07) is 16.5. The summed E-state index contributed by atoms with van der Waals surface area (Å²) in [7, 11) is 0. The molecule has 1 saturated carbocycles. The van der Waals surface area contributed by atoms with Crippen molar-refractivity contribution in [2.24, 2.45) is 5.92 Å². The van der Waals surface area contributed by atoms with Gasteiger partial charge in [-0.15, -0.1) is 5.10 Å². The highest BCUT2D eigenvalue weighted by Crippen LogP contribution is 2.30. The molecule has 4 aromatic rings. The Kier molecular flexibility index (Phi) is 6.41. The van der Waals surface area contributed by atoms with Gasteiger partial charge in [0.2, 0.25) is 0 Å². The van der Waals surface area contributed by atoms with E-state index in [9.17, 15) is 4.79 Å². The number of imidazole rings is 1. The number of benzene rings is 2. The van der Waals surface area contributed by atoms with Crippen molar-refractivity contribution in [2.75, 3.05) is 0 Å². The highest BCUT2D eigenvalue weighted by Gasteiger charge is 2.24. The fourth-order valence-corrected chi connectivity index (χ4v) is 5.25. The minimum absolute atomic E-state index is 0.104. The van der Waals surface area contributed by atoms with Crippen LogP contribution in [0.25, 0.3) is 22.5 Å². The summed E-state index contributed by atoms with van der Waals surface area (Å²) < 4.78 is 3.93. The van der Waals surface area contributed by atoms with Crippen LogP contribution in [-0.4, -0.2) is 29.8 Å². The van der Waals surface area contributed by atoms with E-state index in [0.29, 0.717) is 18.3 Å². The van der Waals surface area contributed by atoms with E-state index < -0.39 is 0 Å². The van der Waals surface area contributed by atoms with E-state index in [2.05, 4.69) is 77.9 Å². The van der Waals surface area contributed by atoms with Crippen LogP contribution in [0.3, 0.4) is 0 Å². The van der Waals surface area contributed by atoms with Gasteiger partial charge in [0.15, 0.2) is 5.82 Å². The standard InChI is InChI=1S/C28H34N6O/c1-28(2,3)25-19-33(17-20-9-5-4-6-10-20)27(35)34(25)18-21-13-15-22(16-14-21)23-11-7-8-12-24(23)26-29-31-32-30-26/h7-8,11-16,19-20H,4-6,9-10,17-18H2,1-3H3,(H,29,30,31,32). The molecule has 0 aliphatic heterocycles. The maximum absolute atomic E-state index is 13.5. The summed E-state index contributed by atoms with van der Waals surface area (Å²) in [6.45, 7) is 7.95. The molecule has 7 nitrogen and oxygen atoms in total. The Labute approximate surface area is 206 Å². The van der Waals surface area contributed by atoms with Gasteiger partial charge >= 0.3 is 5.69 Å². The lowest BCUT2D eigenvalue weighted by molar-refractivity contribution is 0.315. The molecule has 2 aromatic carbocycles. The number of hydrogen-bond donors (Lipinski definition) is 1. The number of aromatic nitrogens is 6. The SMILES string of the molecule is CC(C)(C)c1cn(CC2CCCCC2)c(=O)n1Cc1ccc(-c2ccccc2-c2nnn[nH]2)cc1. The van der Waals surface area contributed by atoms with Gasteiger partial charge in [-0.25, -0.2) is 9.89 Å². The lowest BCUT2D eigenvalue weighted by Crippen LogP contribution is -2.29. The number of nitrogens with one attached hydrogen (secondary N) is 1. The average molecular weight is 471 g/mol. The van der Waals surface area contributed by atoms with Gasteiger partial charge in [-0.1, -0.05) is 88.6 Å². The van der Waals surface area contributed by atoms with E-state index in [-0.39, 0.29) is 11.1 Å². The zero-order valence-electron chi connectivity index (χ0n) is 20.9. The first-order chi connectivity index (χ1) is 16.9. The summed E-state index contributed by atoms with van der Waals surface area (Å²) in [5.41, 5.74) is 5.29. The molecule has 5 rings (SSSR count). The molecular formula is C28H34N6O. The normalized spacial score (nSPS) is 14.9. The van der Waals surface area contributed by atoms with E-state index >= 15 is 0 Å². The molecule has 0 unspecified atom stereocenters. The van der Waals surface area contributed by atoms with E-state index in [0.717, 1.165) is 34.5 Å². The van der Waals surface area contributed by atoms with Crippen LogP contribution in [0.15, 0.2) is 59.5 Å². The van der Waals surface area contributed by atoms with Crippen LogP contribution in [0.2, 0.25) is 0 Å². The molecule has 0 atom stereocenters. The van der Waals surface area contributed by atoms with Crippen LogP contribution < -0.4 is 5.69 Å². The largest absolute Gasteiger partial charge is 0.328 e. The van der Waals surface area contributed by atoms with Crippen molar-refractivity contribution < 1.29 is 0 Å². The van der Waals surface area contributed by atoms with Crippen molar-refractivity contribution >= 4 is 0 Å². The number of nitrogens with zero attached hydrogens (tertiary/aromatic N) is 5. The van der Waals surface area contributed by atoms with Gasteiger partial charge < -0.3 is 0 Å². The second-order valence-electron chi connectivity index (χ2n) is 10.8. The predicted octanol–water partition coefficient (Wildman–Crippen LogP) is 5.42. The monoisotopic (exact) mass is 470 g/mol. The summed E-state index contributed by atoms with van der Waals surface area (Å²) in [6.07, 6.45) is 8.47. The van der Waals surface area contributed by atoms with E-state index in [1.165, 1.54) is 32.1 Å². The Morgan fingerprint density at radius 3 is 2.34 bits per heavy atom. The summed E-state index contributed by atoms with van der Waals surface area (Å²) in [5, 5.41) is 14.4. The van der Waals surface area contributed by atoms with Crippen molar-refractivity contribution in [3.8, 4) is 22.5 Å². The van der Waals surface area contributed by atoms with Crippen LogP contribution in [0.1, 0.15) is 64.1 Å². The molecule has 35 heavy (non-hydrogen) atoms. The predicted molar refractivity (Wildman–Crippen MR) is 138 cm³/mol. The first kappa shape index (κ1) is 23.3. The van der Waals surface area contributed by atoms with Crippen molar-refractivity contribution in [1.29, 1.82) is 0 Å². The lowest BCUT2D eigenvalue weighted by Gasteiger charge is -2.21. The Balaban J connectivity index is 1.42. The third-order valence-electron chi connectivity index (χ3n) is 7.13. The minimum atomic E-state index is -0.110. The number of aromatic amines is 1. The molecule has 1 aliphatic carbocycles. The zero-order valence-corrected chi connectivity index (χ0v) is 20.9. The third kappa shape index (κ3) is 4.99. The van der Waals surface area contributed by atoms with Gasteiger partial charge in [-0.3, -0.25) is 9.13 Å². The van der Waals surface area contributed by atoms with E-state index in [1.807, 2.05) is 27.3 Å². The Bertz CT molecular complexity index is 1320. The molecule has 182 valence electrons. The maximum Gasteiger partial charge on any atom is 0.328 e. The topological polar surface area (TPSA) is 81.4 Å². The number of tetrazole rings is 1. The fraction of sp³-hybridized carbons (Fsp3) is 0.429. The van der Waals surface area contributed by atoms with Gasteiger partial charge in [-0.2, -0.15) is 0 Å². The molecule has 0 spiro atoms. The Hall–Kier alpha value is -3.48. The van der Waals surface area contributed by atoms with E-state index in [4.69, 9.17) is 0 Å². The smallest absolute Gasteiger partial charge is 0.299 e. The highest BCUT2D eigenvalue weighted by atomic mass is 16.1. The van der Waals surface area contributed by atoms with Crippen LogP contribution in [-0.2, 0) is 18.5 Å². The molecule has 7 heteroatoms. The van der Waals surface area contributed by atoms with Crippen molar-refractivity contribution in [3.63, 3.8) is 0 Å². The van der Waals surface area contributed by atoms with Crippen LogP contribution in [0.5, 0.6) is 0 Å². The third-order valence-corrected chi connectivity index (χ3v) is 7.13. The van der Waals surface area contributed by atoms with Gasteiger partial charge in [0, 0.05) is 29.4 Å². The maximum atomic E-state index is 13.5. The molecule has 1 fully saturated rings. The first-order valence-corrected chi connectivity index (χ1v) is 12.6. The van der Waals surface area contributed by atoms with Crippen LogP contribution >= 0.6 is 0 Å². The van der Waals surface area contributed by atoms with Gasteiger partial charge in [-0.05, 0) is 45.9 Å². The van der Waals surface area contributed by atoms with Gasteiger partial charge in [0.1, 0.15) is 0 Å². The molecular weight excluding hydrogens is 436 g/mol. The van der Waals surface area contributed by atoms with Crippen LogP contribution in [0.4, 0.5) is 0 Å². The number of hydrogen-bond acceptors (Lipinski definition) is 4. The quantitative estimate of drug-likeness (QED) is 0.408. The van der Waals surface area contributed by atoms with Crippen LogP contribution in [0, 0.1) is 5.92 Å². The molecule has 0 saturated heterocycles. The average Bonchev–Trinajstić information content (AvgIpc) is 3.50. The fourth-order valence-electron chi connectivity index (χ4n) is 5.25. The summed E-state index contributed by atoms with van der Waals surface area (Å²) >= 11 is 0. The molecule has 1 N–H and O–H groups in total. The second-order valence-corrected chi connectivity index (χ2v) is 10.8. The second kappa shape index (κ2) is 9.64. The number of H-pyrrole nitrogens is 1. The van der Waals surface area contributed by atoms with Gasteiger partial charge in [0.25, 0.3) is 0 Å². The van der Waals surface area contributed by atoms with Crippen molar-refractivity contribution in [1.82, 2.24) is 29.8 Å². The summed E-state index contributed by atoms with van der Waals surface area (Å²) in [5.74, 6) is 1.26. The molecule has 2 heterocycles. The van der Waals surface area contributed by atoms with Gasteiger partial charge in [0.05, 0.1) is 6.54 Å². The number of rotatable bonds is 6. The molecule has 0 radical (unpaired) electrons. The Morgan fingerprint density at radius 1 is 0.971 bits per heavy atom. The first-order valence-electron chi connectivity index (χ1n) is 12.6. The molecule has 0 bridgehead atoms. The van der Waals surface area contributed by atoms with E-state index in [1.54, 1.807) is 0 Å². The Morgan fingerprint density at radius 2 is 1.69 bits per heavy atom. The molecule has 2 aromatic heterocycles. The molecule has 1 aliphatic rings. The van der Waals surface area contributed by atoms with Crippen molar-refractivity contribution in [2.45, 2.75) is 71.4 Å². The minimum Gasteiger partial charge on any atom is -0.299 e.